The summed E-state index contributed by atoms with van der Waals surface area (Å²) in [5, 5.41) is 9.34. The minimum absolute atomic E-state index is 0.251. The maximum atomic E-state index is 9.34. The first kappa shape index (κ1) is 17.7. The van der Waals surface area contributed by atoms with E-state index >= 15 is 0 Å². The lowest BCUT2D eigenvalue weighted by atomic mass is 9.87. The third-order valence-electron chi connectivity index (χ3n) is 4.63. The van der Waals surface area contributed by atoms with E-state index < -0.39 is 5.66 Å². The molecule has 1 aromatic carbocycles. The molecule has 1 aliphatic carbocycles. The number of nitriles is 1. The first-order valence-electron chi connectivity index (χ1n) is 7.78. The molecule has 4 N–H and O–H groups in total. The average molecular weight is 548 g/mol. The summed E-state index contributed by atoms with van der Waals surface area (Å²) in [4.78, 5) is 11.0. The molecule has 1 saturated carbocycles. The van der Waals surface area contributed by atoms with Crippen LogP contribution < -0.4 is 16.4 Å². The van der Waals surface area contributed by atoms with E-state index in [2.05, 4.69) is 56.2 Å². The van der Waals surface area contributed by atoms with Crippen molar-refractivity contribution in [3.05, 3.63) is 24.3 Å². The SMILES string of the molecule is Cc1c(C#N)cc(I)c(N2C(N)=NC(N)=NC23CCCCC3)c1I. The van der Waals surface area contributed by atoms with Gasteiger partial charge in [0.15, 0.2) is 0 Å². The first-order chi connectivity index (χ1) is 11.4. The average Bonchev–Trinajstić information content (AvgIpc) is 2.54. The molecule has 6 nitrogen and oxygen atoms in total. The van der Waals surface area contributed by atoms with Crippen LogP contribution in [0, 0.1) is 25.4 Å². The molecular formula is C16H18I2N6. The Labute approximate surface area is 168 Å². The zero-order valence-electron chi connectivity index (χ0n) is 13.3. The van der Waals surface area contributed by atoms with Crippen LogP contribution in [0.15, 0.2) is 16.1 Å². The van der Waals surface area contributed by atoms with Crippen molar-refractivity contribution in [1.29, 1.82) is 5.26 Å². The highest BCUT2D eigenvalue weighted by Crippen LogP contribution is 2.43. The fraction of sp³-hybridized carbons (Fsp3) is 0.438. The van der Waals surface area contributed by atoms with Gasteiger partial charge in [0, 0.05) is 7.14 Å². The number of guanidine groups is 2. The van der Waals surface area contributed by atoms with Crippen LogP contribution in [-0.2, 0) is 0 Å². The minimum atomic E-state index is -0.464. The molecule has 2 aliphatic rings. The van der Waals surface area contributed by atoms with E-state index in [1.54, 1.807) is 0 Å². The Hall–Kier alpha value is -1.09. The lowest BCUT2D eigenvalue weighted by Crippen LogP contribution is -2.58. The molecule has 0 unspecified atom stereocenters. The van der Waals surface area contributed by atoms with Gasteiger partial charge in [-0.1, -0.05) is 6.42 Å². The van der Waals surface area contributed by atoms with E-state index in [9.17, 15) is 5.26 Å². The monoisotopic (exact) mass is 548 g/mol. The van der Waals surface area contributed by atoms with Crippen LogP contribution in [0.25, 0.3) is 0 Å². The van der Waals surface area contributed by atoms with Gasteiger partial charge in [0.25, 0.3) is 0 Å². The zero-order chi connectivity index (χ0) is 17.5. The van der Waals surface area contributed by atoms with Crippen molar-refractivity contribution < 1.29 is 0 Å². The van der Waals surface area contributed by atoms with Gasteiger partial charge >= 0.3 is 0 Å². The molecule has 0 radical (unpaired) electrons. The van der Waals surface area contributed by atoms with Crippen LogP contribution in [0.5, 0.6) is 0 Å². The Morgan fingerprint density at radius 1 is 1.25 bits per heavy atom. The van der Waals surface area contributed by atoms with Crippen molar-refractivity contribution >= 4 is 62.8 Å². The van der Waals surface area contributed by atoms with Crippen molar-refractivity contribution in [3.8, 4) is 6.07 Å². The number of rotatable bonds is 1. The normalized spacial score (nSPS) is 19.7. The second-order valence-electron chi connectivity index (χ2n) is 6.12. The summed E-state index contributed by atoms with van der Waals surface area (Å²) in [7, 11) is 0. The molecule has 1 aromatic rings. The van der Waals surface area contributed by atoms with E-state index in [1.165, 1.54) is 6.42 Å². The van der Waals surface area contributed by atoms with Gasteiger partial charge < -0.3 is 11.5 Å². The van der Waals surface area contributed by atoms with Crippen molar-refractivity contribution in [2.45, 2.75) is 44.7 Å². The number of halogens is 2. The summed E-state index contributed by atoms with van der Waals surface area (Å²) in [6.45, 7) is 1.96. The molecule has 24 heavy (non-hydrogen) atoms. The highest BCUT2D eigenvalue weighted by Gasteiger charge is 2.44. The van der Waals surface area contributed by atoms with Crippen LogP contribution in [-0.4, -0.2) is 17.6 Å². The predicted octanol–water partition coefficient (Wildman–Crippen LogP) is 3.19. The van der Waals surface area contributed by atoms with E-state index in [0.29, 0.717) is 11.5 Å². The Kier molecular flexibility index (Phi) is 4.92. The molecule has 0 bridgehead atoms. The third kappa shape index (κ3) is 2.85. The van der Waals surface area contributed by atoms with Gasteiger partial charge in [-0.25, -0.2) is 4.99 Å². The standard InChI is InChI=1S/C16H18I2N6/c1-9-10(8-19)7-11(17)13(12(9)18)24-15(21)22-14(20)23-16(24)5-3-2-4-6-16/h7H,2-6H2,1H3,(H4,20,21,22,23). The number of benzene rings is 1. The largest absolute Gasteiger partial charge is 0.369 e. The second kappa shape index (κ2) is 6.67. The number of nitrogens with two attached hydrogens (primary N) is 2. The molecule has 1 fully saturated rings. The van der Waals surface area contributed by atoms with Crippen molar-refractivity contribution in [2.24, 2.45) is 21.5 Å². The molecule has 0 amide bonds. The lowest BCUT2D eigenvalue weighted by molar-refractivity contribution is 0.305. The zero-order valence-corrected chi connectivity index (χ0v) is 17.6. The Bertz CT molecular complexity index is 787. The van der Waals surface area contributed by atoms with Gasteiger partial charge in [-0.3, -0.25) is 4.90 Å². The second-order valence-corrected chi connectivity index (χ2v) is 8.36. The van der Waals surface area contributed by atoms with Crippen molar-refractivity contribution in [2.75, 3.05) is 4.90 Å². The highest BCUT2D eigenvalue weighted by molar-refractivity contribution is 14.1. The summed E-state index contributed by atoms with van der Waals surface area (Å²) in [5.41, 5.74) is 14.4. The van der Waals surface area contributed by atoms with E-state index in [0.717, 1.165) is 44.1 Å². The third-order valence-corrected chi connectivity index (χ3v) is 6.78. The molecule has 3 rings (SSSR count). The quantitative estimate of drug-likeness (QED) is 0.527. The molecule has 1 aliphatic heterocycles. The van der Waals surface area contributed by atoms with Gasteiger partial charge in [0.2, 0.25) is 11.9 Å². The molecule has 0 atom stereocenters. The van der Waals surface area contributed by atoms with Crippen molar-refractivity contribution in [3.63, 3.8) is 0 Å². The molecular weight excluding hydrogens is 530 g/mol. The number of anilines is 1. The molecule has 0 aromatic heterocycles. The van der Waals surface area contributed by atoms with E-state index in [4.69, 9.17) is 16.5 Å². The summed E-state index contributed by atoms with van der Waals surface area (Å²) in [6.07, 6.45) is 5.17. The maximum Gasteiger partial charge on any atom is 0.220 e. The molecule has 126 valence electrons. The van der Waals surface area contributed by atoms with Gasteiger partial charge in [-0.15, -0.1) is 0 Å². The van der Waals surface area contributed by atoms with E-state index in [-0.39, 0.29) is 5.96 Å². The first-order valence-corrected chi connectivity index (χ1v) is 9.94. The maximum absolute atomic E-state index is 9.34. The predicted molar refractivity (Wildman–Crippen MR) is 113 cm³/mol. The lowest BCUT2D eigenvalue weighted by Gasteiger charge is -2.46. The fourth-order valence-corrected chi connectivity index (χ4v) is 5.63. The molecule has 0 saturated heterocycles. The van der Waals surface area contributed by atoms with Gasteiger partial charge in [0.1, 0.15) is 5.66 Å². The molecule has 1 heterocycles. The van der Waals surface area contributed by atoms with Crippen molar-refractivity contribution in [1.82, 2.24) is 0 Å². The van der Waals surface area contributed by atoms with Crippen LogP contribution in [0.3, 0.4) is 0 Å². The van der Waals surface area contributed by atoms with Gasteiger partial charge in [0.05, 0.1) is 17.3 Å². The van der Waals surface area contributed by atoms with Crippen LogP contribution in [0.2, 0.25) is 0 Å². The van der Waals surface area contributed by atoms with E-state index in [1.807, 2.05) is 17.9 Å². The molecule has 1 spiro atoms. The number of nitrogens with zero attached hydrogens (tertiary/aromatic N) is 4. The summed E-state index contributed by atoms with van der Waals surface area (Å²) >= 11 is 4.55. The summed E-state index contributed by atoms with van der Waals surface area (Å²) in [5.74, 6) is 0.630. The highest BCUT2D eigenvalue weighted by atomic mass is 127. The van der Waals surface area contributed by atoms with Crippen LogP contribution in [0.4, 0.5) is 5.69 Å². The number of hydrogen-bond donors (Lipinski definition) is 2. The summed E-state index contributed by atoms with van der Waals surface area (Å²) < 4.78 is 1.98. The number of aliphatic imine (C=N–C) groups is 2. The Balaban J connectivity index is 2.22. The Morgan fingerprint density at radius 3 is 2.54 bits per heavy atom. The summed E-state index contributed by atoms with van der Waals surface area (Å²) in [6, 6.07) is 4.16. The van der Waals surface area contributed by atoms with Gasteiger partial charge in [-0.2, -0.15) is 10.3 Å². The van der Waals surface area contributed by atoms with Crippen LogP contribution >= 0.6 is 45.2 Å². The topological polar surface area (TPSA) is 104 Å². The Morgan fingerprint density at radius 2 is 1.92 bits per heavy atom. The van der Waals surface area contributed by atoms with Crippen LogP contribution in [0.1, 0.15) is 43.2 Å². The molecule has 8 heteroatoms. The number of hydrogen-bond acceptors (Lipinski definition) is 6. The fourth-order valence-electron chi connectivity index (χ4n) is 3.47. The smallest absolute Gasteiger partial charge is 0.220 e. The van der Waals surface area contributed by atoms with Gasteiger partial charge in [-0.05, 0) is 89.4 Å². The minimum Gasteiger partial charge on any atom is -0.369 e.